The first-order chi connectivity index (χ1) is 14.4. The van der Waals surface area contributed by atoms with E-state index < -0.39 is 10.0 Å². The van der Waals surface area contributed by atoms with Gasteiger partial charge in [0.1, 0.15) is 9.90 Å². The number of piperidine rings is 2. The number of sulfonamides is 1. The third kappa shape index (κ3) is 3.72. The molecule has 3 N–H and O–H groups in total. The number of aromatic nitrogens is 1. The molecular formula is C21H30N4O3S2+2. The Balaban J connectivity index is 1.38. The number of thiophene rings is 1. The van der Waals surface area contributed by atoms with Crippen molar-refractivity contribution in [3.63, 3.8) is 0 Å². The van der Waals surface area contributed by atoms with Crippen LogP contribution in [0.25, 0.3) is 0 Å². The lowest BCUT2D eigenvalue weighted by atomic mass is 9.82. The van der Waals surface area contributed by atoms with Crippen LogP contribution in [-0.4, -0.2) is 52.3 Å². The zero-order valence-electron chi connectivity index (χ0n) is 17.3. The van der Waals surface area contributed by atoms with Gasteiger partial charge < -0.3 is 14.4 Å². The van der Waals surface area contributed by atoms with Gasteiger partial charge in [0, 0.05) is 36.9 Å². The first-order valence-corrected chi connectivity index (χ1v) is 13.2. The van der Waals surface area contributed by atoms with E-state index in [4.69, 9.17) is 0 Å². The summed E-state index contributed by atoms with van der Waals surface area (Å²) in [4.78, 5) is 16.5. The third-order valence-electron chi connectivity index (χ3n) is 7.17. The van der Waals surface area contributed by atoms with Crippen LogP contribution >= 0.6 is 11.3 Å². The molecule has 0 amide bonds. The molecule has 0 aromatic carbocycles. The fourth-order valence-corrected chi connectivity index (χ4v) is 7.69. The van der Waals surface area contributed by atoms with Gasteiger partial charge in [-0.15, -0.1) is 11.3 Å². The number of hydrogen-bond acceptors (Lipinski definition) is 4. The minimum absolute atomic E-state index is 0.148. The van der Waals surface area contributed by atoms with Crippen LogP contribution in [-0.2, 0) is 16.6 Å². The summed E-state index contributed by atoms with van der Waals surface area (Å²) in [6.07, 6.45) is 3.72. The summed E-state index contributed by atoms with van der Waals surface area (Å²) in [6, 6.07) is 7.62. The van der Waals surface area contributed by atoms with Crippen molar-refractivity contribution in [2.75, 3.05) is 37.9 Å². The fraction of sp³-hybridized carbons (Fsp3) is 0.571. The normalized spacial score (nSPS) is 31.2. The van der Waals surface area contributed by atoms with E-state index in [-0.39, 0.29) is 15.5 Å². The predicted octanol–water partition coefficient (Wildman–Crippen LogP) is -0.610. The number of nitrogens with one attached hydrogen (secondary N) is 3. The van der Waals surface area contributed by atoms with Gasteiger partial charge in [-0.3, -0.25) is 9.52 Å². The average molecular weight is 451 g/mol. The van der Waals surface area contributed by atoms with Gasteiger partial charge in [0.2, 0.25) is 0 Å². The first-order valence-electron chi connectivity index (χ1n) is 10.9. The summed E-state index contributed by atoms with van der Waals surface area (Å²) in [6.45, 7) is 5.42. The Bertz CT molecular complexity index is 1070. The number of pyridine rings is 1. The number of anilines is 1. The summed E-state index contributed by atoms with van der Waals surface area (Å²) < 4.78 is 29.7. The number of quaternary nitrogens is 2. The van der Waals surface area contributed by atoms with Crippen LogP contribution in [0.1, 0.15) is 30.9 Å². The lowest BCUT2D eigenvalue weighted by molar-refractivity contribution is -0.959. The Kier molecular flexibility index (Phi) is 5.25. The number of rotatable bonds is 4. The van der Waals surface area contributed by atoms with Gasteiger partial charge in [-0.05, 0) is 30.0 Å². The predicted molar refractivity (Wildman–Crippen MR) is 117 cm³/mol. The maximum atomic E-state index is 13.1. The van der Waals surface area contributed by atoms with Crippen molar-refractivity contribution < 1.29 is 18.2 Å². The minimum atomic E-state index is -3.72. The molecule has 2 fully saturated rings. The monoisotopic (exact) mass is 450 g/mol. The Morgan fingerprint density at radius 3 is 2.70 bits per heavy atom. The minimum Gasteiger partial charge on any atom is -0.337 e. The molecule has 7 nitrogen and oxygen atoms in total. The molecule has 0 radical (unpaired) electrons. The molecule has 3 aliphatic rings. The molecule has 2 aromatic rings. The van der Waals surface area contributed by atoms with Crippen LogP contribution in [0.5, 0.6) is 0 Å². The molecule has 9 heteroatoms. The molecule has 0 aliphatic carbocycles. The van der Waals surface area contributed by atoms with Gasteiger partial charge in [-0.25, -0.2) is 8.42 Å². The number of likely N-dealkylation sites (tertiary alicyclic amines) is 2. The molecule has 0 saturated carbocycles. The molecule has 0 spiro atoms. The molecule has 2 aromatic heterocycles. The molecule has 162 valence electrons. The van der Waals surface area contributed by atoms with Gasteiger partial charge in [0.15, 0.2) is 0 Å². The molecule has 5 rings (SSSR count). The van der Waals surface area contributed by atoms with E-state index in [0.717, 1.165) is 42.6 Å². The number of fused-ring (bicyclic) bond motifs is 4. The van der Waals surface area contributed by atoms with Crippen LogP contribution in [0.3, 0.4) is 0 Å². The summed E-state index contributed by atoms with van der Waals surface area (Å²) >= 11 is 1.15. The van der Waals surface area contributed by atoms with Crippen molar-refractivity contribution in [2.45, 2.75) is 42.0 Å². The molecular weight excluding hydrogens is 420 g/mol. The third-order valence-corrected chi connectivity index (χ3v) is 9.93. The Morgan fingerprint density at radius 2 is 1.97 bits per heavy atom. The van der Waals surface area contributed by atoms with Crippen LogP contribution in [0.2, 0.25) is 0 Å². The Hall–Kier alpha value is -1.68. The highest BCUT2D eigenvalue weighted by atomic mass is 32.2. The second-order valence-corrected chi connectivity index (χ2v) is 12.1. The lowest BCUT2D eigenvalue weighted by Gasteiger charge is -2.44. The summed E-state index contributed by atoms with van der Waals surface area (Å²) in [5.41, 5.74) is 1.01. The van der Waals surface area contributed by atoms with E-state index in [1.807, 2.05) is 10.6 Å². The molecule has 1 unspecified atom stereocenters. The zero-order valence-corrected chi connectivity index (χ0v) is 18.9. The van der Waals surface area contributed by atoms with Crippen molar-refractivity contribution in [1.82, 2.24) is 4.57 Å². The number of hydrogen-bond donors (Lipinski definition) is 3. The highest BCUT2D eigenvalue weighted by molar-refractivity contribution is 7.94. The van der Waals surface area contributed by atoms with Crippen molar-refractivity contribution in [2.24, 2.45) is 5.92 Å². The highest BCUT2D eigenvalue weighted by Crippen LogP contribution is 2.31. The van der Waals surface area contributed by atoms with Crippen LogP contribution in [0.15, 0.2) is 38.6 Å². The van der Waals surface area contributed by atoms with E-state index in [1.54, 1.807) is 33.4 Å². The van der Waals surface area contributed by atoms with E-state index in [0.29, 0.717) is 18.4 Å². The molecule has 3 atom stereocenters. The average Bonchev–Trinajstić information content (AvgIpc) is 3.27. The Labute approximate surface area is 181 Å². The second kappa shape index (κ2) is 7.78. The largest absolute Gasteiger partial charge is 0.337 e. The van der Waals surface area contributed by atoms with Crippen LogP contribution < -0.4 is 20.1 Å². The van der Waals surface area contributed by atoms with Crippen molar-refractivity contribution in [3.05, 3.63) is 45.7 Å². The molecule has 30 heavy (non-hydrogen) atoms. The van der Waals surface area contributed by atoms with Gasteiger partial charge in [0.25, 0.3) is 15.6 Å². The SMILES string of the molecule is C[NH+]1CCC([NH+]2C[C@@H]3C[C@H](C2)c2ccc(NS(=O)(=O)c4cccs4)c(=O)n2C3)CC1. The van der Waals surface area contributed by atoms with Crippen LogP contribution in [0, 0.1) is 5.92 Å². The summed E-state index contributed by atoms with van der Waals surface area (Å²) in [7, 11) is -1.44. The van der Waals surface area contributed by atoms with Gasteiger partial charge in [-0.2, -0.15) is 0 Å². The van der Waals surface area contributed by atoms with Crippen molar-refractivity contribution in [3.8, 4) is 0 Å². The van der Waals surface area contributed by atoms with Gasteiger partial charge in [-0.1, -0.05) is 6.07 Å². The standard InChI is InChI=1S/C21H28N4O3S2/c1-23-8-6-17(7-9-23)24-12-15-11-16(14-24)19-5-4-18(21(26)25(19)13-15)22-30(27,28)20-3-2-10-29-20/h2-5,10,15-17,22H,6-9,11-14H2,1H3/p+2/t15-,16+/m0/s1. The molecule has 2 bridgehead atoms. The quantitative estimate of drug-likeness (QED) is 0.582. The number of nitrogens with zero attached hydrogens (tertiary/aromatic N) is 1. The molecule has 3 aliphatic heterocycles. The van der Waals surface area contributed by atoms with E-state index >= 15 is 0 Å². The van der Waals surface area contributed by atoms with E-state index in [1.165, 1.54) is 25.9 Å². The summed E-state index contributed by atoms with van der Waals surface area (Å²) in [5.74, 6) is 0.871. The molecule has 2 saturated heterocycles. The maximum absolute atomic E-state index is 13.1. The highest BCUT2D eigenvalue weighted by Gasteiger charge is 2.41. The molecule has 5 heterocycles. The van der Waals surface area contributed by atoms with Crippen molar-refractivity contribution >= 4 is 27.0 Å². The van der Waals surface area contributed by atoms with E-state index in [9.17, 15) is 13.2 Å². The van der Waals surface area contributed by atoms with Crippen LogP contribution in [0.4, 0.5) is 5.69 Å². The topological polar surface area (TPSA) is 77.1 Å². The second-order valence-electron chi connectivity index (χ2n) is 9.22. The van der Waals surface area contributed by atoms with Gasteiger partial charge >= 0.3 is 0 Å². The maximum Gasteiger partial charge on any atom is 0.275 e. The van der Waals surface area contributed by atoms with Gasteiger partial charge in [0.05, 0.1) is 39.3 Å². The van der Waals surface area contributed by atoms with Crippen molar-refractivity contribution in [1.29, 1.82) is 0 Å². The fourth-order valence-electron chi connectivity index (χ4n) is 5.64. The van der Waals surface area contributed by atoms with E-state index in [2.05, 4.69) is 11.8 Å². The Morgan fingerprint density at radius 1 is 1.17 bits per heavy atom. The summed E-state index contributed by atoms with van der Waals surface area (Å²) in [5, 5.41) is 1.72. The first kappa shape index (κ1) is 20.2. The lowest BCUT2D eigenvalue weighted by Crippen LogP contribution is -3.21. The smallest absolute Gasteiger partial charge is 0.275 e. The zero-order chi connectivity index (χ0) is 20.9.